The molecule has 0 saturated carbocycles. The molecule has 0 bridgehead atoms. The molecular weight excluding hydrogens is 190 g/mol. The Labute approximate surface area is 87.9 Å². The van der Waals surface area contributed by atoms with Crippen molar-refractivity contribution in [2.45, 2.75) is 13.8 Å². The van der Waals surface area contributed by atoms with Gasteiger partial charge in [0.15, 0.2) is 0 Å². The minimum absolute atomic E-state index is 0.262. The van der Waals surface area contributed by atoms with Gasteiger partial charge in [-0.05, 0) is 18.2 Å². The molecule has 1 aromatic carbocycles. The van der Waals surface area contributed by atoms with E-state index in [1.165, 1.54) is 0 Å². The van der Waals surface area contributed by atoms with E-state index >= 15 is 0 Å². The van der Waals surface area contributed by atoms with Crippen LogP contribution in [0.4, 0.5) is 0 Å². The van der Waals surface area contributed by atoms with E-state index in [2.05, 4.69) is 0 Å². The summed E-state index contributed by atoms with van der Waals surface area (Å²) < 4.78 is 5.14. The van der Waals surface area contributed by atoms with Crippen molar-refractivity contribution in [3.8, 4) is 6.07 Å². The lowest BCUT2D eigenvalue weighted by atomic mass is 10.2. The molecule has 2 rings (SSSR count). The minimum atomic E-state index is 0.262. The van der Waals surface area contributed by atoms with Crippen molar-refractivity contribution in [2.75, 3.05) is 0 Å². The van der Waals surface area contributed by atoms with E-state index in [0.29, 0.717) is 11.1 Å². The molecule has 15 heavy (non-hydrogen) atoms. The average molecular weight is 201 g/mol. The molecular formula is C12H11NO2. The highest BCUT2D eigenvalue weighted by Crippen LogP contribution is 2.19. The second-order valence-electron chi connectivity index (χ2n) is 2.64. The molecule has 0 atom stereocenters. The van der Waals surface area contributed by atoms with Crippen molar-refractivity contribution < 1.29 is 9.21 Å². The van der Waals surface area contributed by atoms with Crippen molar-refractivity contribution in [2.24, 2.45) is 0 Å². The maximum absolute atomic E-state index is 10.4. The van der Waals surface area contributed by atoms with Gasteiger partial charge in [0.25, 0.3) is 0 Å². The Morgan fingerprint density at radius 2 is 2.07 bits per heavy atom. The van der Waals surface area contributed by atoms with E-state index in [-0.39, 0.29) is 5.76 Å². The Morgan fingerprint density at radius 3 is 2.67 bits per heavy atom. The van der Waals surface area contributed by atoms with Gasteiger partial charge in [-0.15, -0.1) is 0 Å². The van der Waals surface area contributed by atoms with Crippen molar-refractivity contribution in [3.63, 3.8) is 0 Å². The number of hydrogen-bond donors (Lipinski definition) is 0. The fourth-order valence-corrected chi connectivity index (χ4v) is 1.19. The summed E-state index contributed by atoms with van der Waals surface area (Å²) in [5.74, 6) is 0.262. The number of nitrogens with zero attached hydrogens (tertiary/aromatic N) is 1. The van der Waals surface area contributed by atoms with Crippen molar-refractivity contribution in [3.05, 3.63) is 35.6 Å². The van der Waals surface area contributed by atoms with Gasteiger partial charge in [0.05, 0.1) is 0 Å². The monoisotopic (exact) mass is 201 g/mol. The van der Waals surface area contributed by atoms with E-state index < -0.39 is 0 Å². The summed E-state index contributed by atoms with van der Waals surface area (Å²) >= 11 is 0. The van der Waals surface area contributed by atoms with Gasteiger partial charge in [0.2, 0.25) is 5.76 Å². The van der Waals surface area contributed by atoms with Crippen LogP contribution in [0.15, 0.2) is 28.7 Å². The summed E-state index contributed by atoms with van der Waals surface area (Å²) in [6.45, 7) is 4.00. The third-order valence-corrected chi connectivity index (χ3v) is 1.79. The molecule has 0 aliphatic rings. The maximum Gasteiger partial charge on any atom is 0.204 e. The number of benzene rings is 1. The Balaban J connectivity index is 0.000000531. The topological polar surface area (TPSA) is 54.0 Å². The number of fused-ring (bicyclic) bond motifs is 1. The van der Waals surface area contributed by atoms with Crippen LogP contribution in [0, 0.1) is 11.3 Å². The number of nitriles is 1. The van der Waals surface area contributed by atoms with Gasteiger partial charge in [-0.1, -0.05) is 13.8 Å². The fourth-order valence-electron chi connectivity index (χ4n) is 1.19. The molecule has 0 fully saturated rings. The first-order valence-corrected chi connectivity index (χ1v) is 4.72. The molecule has 0 aliphatic carbocycles. The average Bonchev–Trinajstić information content (AvgIpc) is 2.73. The lowest BCUT2D eigenvalue weighted by Crippen LogP contribution is -1.75. The van der Waals surface area contributed by atoms with Gasteiger partial charge in [-0.2, -0.15) is 5.26 Å². The molecule has 1 aromatic heterocycles. The van der Waals surface area contributed by atoms with E-state index in [0.717, 1.165) is 11.7 Å². The van der Waals surface area contributed by atoms with Crippen LogP contribution in [0.1, 0.15) is 30.0 Å². The molecule has 0 N–H and O–H groups in total. The summed E-state index contributed by atoms with van der Waals surface area (Å²) in [6.07, 6.45) is 0.762. The van der Waals surface area contributed by atoms with Crippen molar-refractivity contribution >= 4 is 17.3 Å². The number of aldehydes is 1. The molecule has 0 unspecified atom stereocenters. The first-order valence-electron chi connectivity index (χ1n) is 4.72. The Morgan fingerprint density at radius 1 is 1.33 bits per heavy atom. The van der Waals surface area contributed by atoms with Crippen LogP contribution in [-0.4, -0.2) is 6.29 Å². The summed E-state index contributed by atoms with van der Waals surface area (Å²) in [5.41, 5.74) is 1.21. The number of hydrogen-bond acceptors (Lipinski definition) is 3. The predicted molar refractivity (Wildman–Crippen MR) is 57.7 cm³/mol. The van der Waals surface area contributed by atoms with E-state index in [1.54, 1.807) is 24.3 Å². The second kappa shape index (κ2) is 4.97. The predicted octanol–water partition coefficient (Wildman–Crippen LogP) is 3.14. The highest BCUT2D eigenvalue weighted by molar-refractivity contribution is 5.86. The SMILES string of the molecule is CC.N#Cc1cc2cc(C=O)ccc2o1. The lowest BCUT2D eigenvalue weighted by molar-refractivity contribution is 0.112. The summed E-state index contributed by atoms with van der Waals surface area (Å²) in [4.78, 5) is 10.4. The van der Waals surface area contributed by atoms with Gasteiger partial charge < -0.3 is 4.42 Å². The highest BCUT2D eigenvalue weighted by atomic mass is 16.3. The van der Waals surface area contributed by atoms with Gasteiger partial charge in [-0.3, -0.25) is 4.79 Å². The van der Waals surface area contributed by atoms with E-state index in [4.69, 9.17) is 9.68 Å². The van der Waals surface area contributed by atoms with Gasteiger partial charge in [-0.25, -0.2) is 0 Å². The molecule has 1 heterocycles. The summed E-state index contributed by atoms with van der Waals surface area (Å²) in [7, 11) is 0. The first kappa shape index (κ1) is 11.0. The summed E-state index contributed by atoms with van der Waals surface area (Å²) in [5, 5.41) is 9.33. The second-order valence-corrected chi connectivity index (χ2v) is 2.64. The number of carbonyl (C=O) groups is 1. The lowest BCUT2D eigenvalue weighted by Gasteiger charge is -1.88. The molecule has 0 radical (unpaired) electrons. The Kier molecular flexibility index (Phi) is 3.64. The molecule has 2 aromatic rings. The molecule has 0 aliphatic heterocycles. The van der Waals surface area contributed by atoms with Crippen molar-refractivity contribution in [1.29, 1.82) is 5.26 Å². The number of furan rings is 1. The Bertz CT molecular complexity index is 506. The Hall–Kier alpha value is -2.08. The van der Waals surface area contributed by atoms with Crippen LogP contribution >= 0.6 is 0 Å². The maximum atomic E-state index is 10.4. The zero-order valence-electron chi connectivity index (χ0n) is 8.65. The van der Waals surface area contributed by atoms with E-state index in [9.17, 15) is 4.79 Å². The van der Waals surface area contributed by atoms with E-state index in [1.807, 2.05) is 19.9 Å². The summed E-state index contributed by atoms with van der Waals surface area (Å²) in [6, 6.07) is 8.53. The molecule has 0 amide bonds. The van der Waals surface area contributed by atoms with Crippen LogP contribution in [0.25, 0.3) is 11.0 Å². The standard InChI is InChI=1S/C10H5NO2.C2H6/c11-5-9-4-8-3-7(6-12)1-2-10(8)13-9;1-2/h1-4,6H;1-2H3. The van der Waals surface area contributed by atoms with Crippen LogP contribution < -0.4 is 0 Å². The molecule has 3 nitrogen and oxygen atoms in total. The quantitative estimate of drug-likeness (QED) is 0.666. The third kappa shape index (κ3) is 2.23. The molecule has 3 heteroatoms. The van der Waals surface area contributed by atoms with Gasteiger partial charge in [0.1, 0.15) is 17.9 Å². The first-order chi connectivity index (χ1) is 7.33. The fraction of sp³-hybridized carbons (Fsp3) is 0.167. The largest absolute Gasteiger partial charge is 0.446 e. The zero-order chi connectivity index (χ0) is 11.3. The van der Waals surface area contributed by atoms with Crippen molar-refractivity contribution in [1.82, 2.24) is 0 Å². The van der Waals surface area contributed by atoms with Gasteiger partial charge in [0, 0.05) is 17.0 Å². The van der Waals surface area contributed by atoms with Crippen LogP contribution in [-0.2, 0) is 0 Å². The smallest absolute Gasteiger partial charge is 0.204 e. The molecule has 0 saturated heterocycles. The number of rotatable bonds is 1. The zero-order valence-corrected chi connectivity index (χ0v) is 8.65. The minimum Gasteiger partial charge on any atom is -0.446 e. The van der Waals surface area contributed by atoms with Gasteiger partial charge >= 0.3 is 0 Å². The normalized spacial score (nSPS) is 8.87. The van der Waals surface area contributed by atoms with Crippen LogP contribution in [0.5, 0.6) is 0 Å². The highest BCUT2D eigenvalue weighted by Gasteiger charge is 2.02. The molecule has 0 spiro atoms. The third-order valence-electron chi connectivity index (χ3n) is 1.79. The number of carbonyl (C=O) groups excluding carboxylic acids is 1. The molecule has 76 valence electrons. The van der Waals surface area contributed by atoms with Crippen LogP contribution in [0.2, 0.25) is 0 Å². The van der Waals surface area contributed by atoms with Crippen LogP contribution in [0.3, 0.4) is 0 Å².